The van der Waals surface area contributed by atoms with E-state index in [0.29, 0.717) is 50.5 Å². The van der Waals surface area contributed by atoms with Gasteiger partial charge in [0.25, 0.3) is 0 Å². The molecule has 1 aromatic heterocycles. The van der Waals surface area contributed by atoms with Crippen molar-refractivity contribution in [1.82, 2.24) is 24.6 Å². The van der Waals surface area contributed by atoms with Gasteiger partial charge < -0.3 is 19.8 Å². The summed E-state index contributed by atoms with van der Waals surface area (Å²) in [6.45, 7) is 6.25. The average molecular weight is 518 g/mol. The van der Waals surface area contributed by atoms with Crippen LogP contribution in [0.4, 0.5) is 4.79 Å². The molecule has 2 aromatic rings. The fraction of sp³-hybridized carbons (Fsp3) is 0.567. The summed E-state index contributed by atoms with van der Waals surface area (Å²) >= 11 is 0. The number of fused-ring (bicyclic) bond motifs is 1. The van der Waals surface area contributed by atoms with Crippen LogP contribution in [-0.4, -0.2) is 93.5 Å². The number of nitrogens with zero attached hydrogens (tertiary/aromatic N) is 5. The topological polar surface area (TPSA) is 80.2 Å². The number of rotatable bonds is 8. The normalized spacial score (nSPS) is 21.6. The maximum atomic E-state index is 13.0. The number of carbonyl (C=O) groups excluding carboxylic acids is 2. The summed E-state index contributed by atoms with van der Waals surface area (Å²) in [4.78, 5) is 38.0. The number of benzene rings is 1. The van der Waals surface area contributed by atoms with Crippen LogP contribution in [-0.2, 0) is 24.3 Å². The summed E-state index contributed by atoms with van der Waals surface area (Å²) in [5.41, 5.74) is 4.85. The van der Waals surface area contributed by atoms with Gasteiger partial charge in [0.05, 0.1) is 6.10 Å². The molecule has 202 valence electrons. The Balaban J connectivity index is 0.955. The van der Waals surface area contributed by atoms with Crippen LogP contribution in [0.15, 0.2) is 42.6 Å². The number of urea groups is 1. The molecule has 0 unspecified atom stereocenters. The van der Waals surface area contributed by atoms with Crippen molar-refractivity contribution in [3.05, 3.63) is 65.0 Å². The molecule has 8 heteroatoms. The van der Waals surface area contributed by atoms with Gasteiger partial charge in [0, 0.05) is 82.6 Å². The van der Waals surface area contributed by atoms with Gasteiger partial charge in [-0.25, -0.2) is 4.79 Å². The molecule has 6 rings (SSSR count). The Morgan fingerprint density at radius 2 is 1.68 bits per heavy atom. The van der Waals surface area contributed by atoms with E-state index in [-0.39, 0.29) is 6.03 Å². The third kappa shape index (κ3) is 5.71. The highest BCUT2D eigenvalue weighted by Crippen LogP contribution is 2.34. The van der Waals surface area contributed by atoms with E-state index in [1.165, 1.54) is 11.1 Å². The lowest BCUT2D eigenvalue weighted by Crippen LogP contribution is -2.43. The average Bonchev–Trinajstić information content (AvgIpc) is 3.75. The summed E-state index contributed by atoms with van der Waals surface area (Å²) in [7, 11) is 0. The van der Waals surface area contributed by atoms with Gasteiger partial charge in [0.2, 0.25) is 5.91 Å². The van der Waals surface area contributed by atoms with E-state index in [0.717, 1.165) is 69.5 Å². The van der Waals surface area contributed by atoms with Gasteiger partial charge in [0.15, 0.2) is 0 Å². The van der Waals surface area contributed by atoms with Crippen molar-refractivity contribution >= 4 is 11.9 Å². The van der Waals surface area contributed by atoms with Crippen molar-refractivity contribution in [3.8, 4) is 0 Å². The lowest BCUT2D eigenvalue weighted by molar-refractivity contribution is -0.133. The zero-order chi connectivity index (χ0) is 26.1. The van der Waals surface area contributed by atoms with E-state index < -0.39 is 6.10 Å². The van der Waals surface area contributed by atoms with Crippen molar-refractivity contribution in [2.75, 3.05) is 45.8 Å². The molecule has 0 radical (unpaired) electrons. The molecule has 38 heavy (non-hydrogen) atoms. The van der Waals surface area contributed by atoms with Crippen LogP contribution in [0.2, 0.25) is 0 Å². The third-order valence-electron chi connectivity index (χ3n) is 8.66. The SMILES string of the molecule is O=C(C1CC1)N1CCC(c2ccc(CN3CCN(C[C@H](O)CN4CCc5ccccc5C4)C3=O)cn2)CC1. The predicted molar refractivity (Wildman–Crippen MR) is 144 cm³/mol. The summed E-state index contributed by atoms with van der Waals surface area (Å²) in [6.07, 6.45) is 6.41. The molecule has 4 heterocycles. The minimum atomic E-state index is -0.559. The number of amides is 3. The fourth-order valence-corrected chi connectivity index (χ4v) is 6.24. The summed E-state index contributed by atoms with van der Waals surface area (Å²) in [5, 5.41) is 10.7. The van der Waals surface area contributed by atoms with Crippen LogP contribution in [0.5, 0.6) is 0 Å². The van der Waals surface area contributed by atoms with Crippen LogP contribution in [0.3, 0.4) is 0 Å². The second-order valence-corrected chi connectivity index (χ2v) is 11.5. The maximum Gasteiger partial charge on any atom is 0.320 e. The molecule has 0 bridgehead atoms. The van der Waals surface area contributed by atoms with Gasteiger partial charge in [-0.15, -0.1) is 0 Å². The minimum absolute atomic E-state index is 0.00943. The maximum absolute atomic E-state index is 13.0. The molecule has 8 nitrogen and oxygen atoms in total. The van der Waals surface area contributed by atoms with Gasteiger partial charge in [0.1, 0.15) is 0 Å². The molecule has 1 N–H and O–H groups in total. The van der Waals surface area contributed by atoms with Gasteiger partial charge in [-0.1, -0.05) is 30.3 Å². The number of carbonyl (C=O) groups is 2. The van der Waals surface area contributed by atoms with E-state index in [1.54, 1.807) is 4.90 Å². The highest BCUT2D eigenvalue weighted by molar-refractivity contribution is 5.81. The molecular weight excluding hydrogens is 478 g/mol. The monoisotopic (exact) mass is 517 g/mol. The molecule has 1 aliphatic carbocycles. The first-order valence-corrected chi connectivity index (χ1v) is 14.3. The predicted octanol–water partition coefficient (Wildman–Crippen LogP) is 2.85. The second-order valence-electron chi connectivity index (χ2n) is 11.5. The summed E-state index contributed by atoms with van der Waals surface area (Å²) in [5.74, 6) is 1.04. The molecule has 1 saturated carbocycles. The van der Waals surface area contributed by atoms with Crippen molar-refractivity contribution in [1.29, 1.82) is 0 Å². The van der Waals surface area contributed by atoms with Gasteiger partial charge in [-0.3, -0.25) is 14.7 Å². The smallest absolute Gasteiger partial charge is 0.320 e. The second kappa shape index (κ2) is 11.0. The lowest BCUT2D eigenvalue weighted by atomic mass is 9.92. The number of pyridine rings is 1. The zero-order valence-electron chi connectivity index (χ0n) is 22.2. The Hall–Kier alpha value is -2.97. The first-order valence-electron chi connectivity index (χ1n) is 14.3. The summed E-state index contributed by atoms with van der Waals surface area (Å²) < 4.78 is 0. The molecule has 3 amide bonds. The number of aliphatic hydroxyl groups excluding tert-OH is 1. The van der Waals surface area contributed by atoms with Crippen LogP contribution in [0, 0.1) is 5.92 Å². The molecule has 3 aliphatic heterocycles. The number of aromatic nitrogens is 1. The van der Waals surface area contributed by atoms with E-state index >= 15 is 0 Å². The van der Waals surface area contributed by atoms with E-state index in [1.807, 2.05) is 16.0 Å². The zero-order valence-corrected chi connectivity index (χ0v) is 22.2. The number of β-amino-alcohol motifs (C(OH)–C–C–N with tert-alkyl or cyclic N) is 1. The van der Waals surface area contributed by atoms with Crippen LogP contribution in [0.1, 0.15) is 54.0 Å². The first kappa shape index (κ1) is 25.3. The third-order valence-corrected chi connectivity index (χ3v) is 8.66. The minimum Gasteiger partial charge on any atom is -0.390 e. The highest BCUT2D eigenvalue weighted by Gasteiger charge is 2.35. The van der Waals surface area contributed by atoms with Gasteiger partial charge in [-0.05, 0) is 54.9 Å². The van der Waals surface area contributed by atoms with Crippen LogP contribution in [0.25, 0.3) is 0 Å². The van der Waals surface area contributed by atoms with Crippen molar-refractivity contribution < 1.29 is 14.7 Å². The molecular formula is C30H39N5O3. The van der Waals surface area contributed by atoms with Gasteiger partial charge >= 0.3 is 6.03 Å². The number of likely N-dealkylation sites (tertiary alicyclic amines) is 1. The standard InChI is InChI=1S/C30H39N5O3/c36-27(20-32-12-9-23-3-1-2-4-26(23)19-32)21-35-16-15-34(30(35)38)18-22-5-8-28(31-17-22)24-10-13-33(14-11-24)29(37)25-6-7-25/h1-5,8,17,24-25,27,36H,6-7,9-16,18-21H2/t27-/m1/s1. The Morgan fingerprint density at radius 1 is 0.921 bits per heavy atom. The molecule has 3 fully saturated rings. The quantitative estimate of drug-likeness (QED) is 0.583. The molecule has 1 aromatic carbocycles. The highest BCUT2D eigenvalue weighted by atomic mass is 16.3. The lowest BCUT2D eigenvalue weighted by Gasteiger charge is -2.32. The summed E-state index contributed by atoms with van der Waals surface area (Å²) in [6, 6.07) is 12.7. The Labute approximate surface area is 225 Å². The Morgan fingerprint density at radius 3 is 2.42 bits per heavy atom. The Bertz CT molecular complexity index is 1140. The van der Waals surface area contributed by atoms with E-state index in [4.69, 9.17) is 4.98 Å². The number of aliphatic hydroxyl groups is 1. The molecule has 0 spiro atoms. The molecule has 4 aliphatic rings. The number of piperidine rings is 1. The molecule has 1 atom stereocenters. The number of hydrogen-bond acceptors (Lipinski definition) is 5. The van der Waals surface area contributed by atoms with Crippen molar-refractivity contribution in [2.24, 2.45) is 5.92 Å². The van der Waals surface area contributed by atoms with E-state index in [2.05, 4.69) is 41.3 Å². The molecule has 2 saturated heterocycles. The number of hydrogen-bond donors (Lipinski definition) is 1. The van der Waals surface area contributed by atoms with E-state index in [9.17, 15) is 14.7 Å². The largest absolute Gasteiger partial charge is 0.390 e. The van der Waals surface area contributed by atoms with Crippen LogP contribution < -0.4 is 0 Å². The van der Waals surface area contributed by atoms with Crippen molar-refractivity contribution in [3.63, 3.8) is 0 Å². The van der Waals surface area contributed by atoms with Gasteiger partial charge in [-0.2, -0.15) is 0 Å². The van der Waals surface area contributed by atoms with Crippen molar-refractivity contribution in [2.45, 2.75) is 57.2 Å². The van der Waals surface area contributed by atoms with Crippen LogP contribution >= 0.6 is 0 Å². The Kier molecular flexibility index (Phi) is 7.34. The fourth-order valence-electron chi connectivity index (χ4n) is 6.24. The first-order chi connectivity index (χ1) is 18.5.